The number of carbonyl (C=O) groups excluding carboxylic acids is 2. The first-order chi connectivity index (χ1) is 13.9. The molecule has 0 saturated heterocycles. The third-order valence-corrected chi connectivity index (χ3v) is 4.64. The van der Waals surface area contributed by atoms with Crippen LogP contribution in [0.3, 0.4) is 0 Å². The molecule has 0 atom stereocenters. The fourth-order valence-corrected chi connectivity index (χ4v) is 2.94. The van der Waals surface area contributed by atoms with E-state index in [4.69, 9.17) is 16.0 Å². The van der Waals surface area contributed by atoms with Crippen LogP contribution >= 0.6 is 11.6 Å². The lowest BCUT2D eigenvalue weighted by Gasteiger charge is -2.25. The summed E-state index contributed by atoms with van der Waals surface area (Å²) in [5.41, 5.74) is 1.45. The Morgan fingerprint density at radius 2 is 1.72 bits per heavy atom. The quantitative estimate of drug-likeness (QED) is 0.562. The van der Waals surface area contributed by atoms with Gasteiger partial charge < -0.3 is 14.1 Å². The molecule has 1 aromatic heterocycles. The van der Waals surface area contributed by atoms with Crippen molar-refractivity contribution in [2.24, 2.45) is 0 Å². The van der Waals surface area contributed by atoms with E-state index in [0.29, 0.717) is 33.5 Å². The van der Waals surface area contributed by atoms with Crippen molar-refractivity contribution in [2.45, 2.75) is 26.4 Å². The van der Waals surface area contributed by atoms with Crippen molar-refractivity contribution in [2.75, 3.05) is 7.11 Å². The Hall–Kier alpha value is -3.19. The normalized spacial score (nSPS) is 10.8. The summed E-state index contributed by atoms with van der Waals surface area (Å²) in [4.78, 5) is 26.1. The van der Waals surface area contributed by atoms with E-state index in [1.807, 2.05) is 26.0 Å². The fourth-order valence-electron chi connectivity index (χ4n) is 2.73. The van der Waals surface area contributed by atoms with Crippen LogP contribution < -0.4 is 0 Å². The third-order valence-electron chi connectivity index (χ3n) is 4.31. The Labute approximate surface area is 173 Å². The summed E-state index contributed by atoms with van der Waals surface area (Å²) >= 11 is 6.17. The van der Waals surface area contributed by atoms with Gasteiger partial charge in [0, 0.05) is 11.6 Å². The van der Waals surface area contributed by atoms with Crippen molar-refractivity contribution in [1.82, 2.24) is 15.1 Å². The average Bonchev–Trinajstić information content (AvgIpc) is 3.19. The SMILES string of the molecule is COC(=O)c1ccc(C(=O)N(Cc2nnc(-c3ccccc3Cl)o2)C(C)C)cc1. The number of halogens is 1. The lowest BCUT2D eigenvalue weighted by atomic mass is 10.1. The Kier molecular flexibility index (Phi) is 6.29. The van der Waals surface area contributed by atoms with Gasteiger partial charge in [0.15, 0.2) is 0 Å². The standard InChI is InChI=1S/C21H20ClN3O4/c1-13(2)25(20(26)14-8-10-15(11-9-14)21(27)28-3)12-18-23-24-19(29-18)16-6-4-5-7-17(16)22/h4-11,13H,12H2,1-3H3. The van der Waals surface area contributed by atoms with Gasteiger partial charge in [0.2, 0.25) is 11.8 Å². The van der Waals surface area contributed by atoms with Crippen molar-refractivity contribution in [3.8, 4) is 11.5 Å². The van der Waals surface area contributed by atoms with Gasteiger partial charge in [0.1, 0.15) is 0 Å². The minimum absolute atomic E-state index is 0.113. The lowest BCUT2D eigenvalue weighted by molar-refractivity contribution is 0.0598. The van der Waals surface area contributed by atoms with Crippen LogP contribution in [0.5, 0.6) is 0 Å². The first kappa shape index (κ1) is 20.5. The van der Waals surface area contributed by atoms with Crippen molar-refractivity contribution < 1.29 is 18.7 Å². The highest BCUT2D eigenvalue weighted by molar-refractivity contribution is 6.33. The van der Waals surface area contributed by atoms with Crippen LogP contribution in [0.4, 0.5) is 0 Å². The summed E-state index contributed by atoms with van der Waals surface area (Å²) in [6, 6.07) is 13.3. The van der Waals surface area contributed by atoms with Crippen LogP contribution in [0.1, 0.15) is 40.5 Å². The Balaban J connectivity index is 1.79. The van der Waals surface area contributed by atoms with Gasteiger partial charge >= 0.3 is 5.97 Å². The minimum atomic E-state index is -0.456. The van der Waals surface area contributed by atoms with Gasteiger partial charge in [-0.15, -0.1) is 10.2 Å². The summed E-state index contributed by atoms with van der Waals surface area (Å²) in [5, 5.41) is 8.60. The van der Waals surface area contributed by atoms with Gasteiger partial charge in [0.05, 0.1) is 29.8 Å². The molecule has 1 heterocycles. The first-order valence-corrected chi connectivity index (χ1v) is 9.35. The molecule has 0 aliphatic rings. The van der Waals surface area contributed by atoms with Crippen LogP contribution in [-0.2, 0) is 11.3 Å². The maximum atomic E-state index is 13.0. The molecule has 0 saturated carbocycles. The second-order valence-corrected chi connectivity index (χ2v) is 6.98. The number of nitrogens with zero attached hydrogens (tertiary/aromatic N) is 3. The number of amides is 1. The molecule has 8 heteroatoms. The molecule has 150 valence electrons. The summed E-state index contributed by atoms with van der Waals surface area (Å²) in [6.45, 7) is 3.94. The number of carbonyl (C=O) groups is 2. The molecule has 0 N–H and O–H groups in total. The van der Waals surface area contributed by atoms with E-state index < -0.39 is 5.97 Å². The zero-order valence-corrected chi connectivity index (χ0v) is 17.0. The highest BCUT2D eigenvalue weighted by Crippen LogP contribution is 2.26. The fraction of sp³-hybridized carbons (Fsp3) is 0.238. The van der Waals surface area contributed by atoms with E-state index in [2.05, 4.69) is 14.9 Å². The molecule has 3 rings (SSSR count). The highest BCUT2D eigenvalue weighted by Gasteiger charge is 2.22. The number of hydrogen-bond donors (Lipinski definition) is 0. The first-order valence-electron chi connectivity index (χ1n) is 8.97. The molecule has 3 aromatic rings. The van der Waals surface area contributed by atoms with Gasteiger partial charge in [-0.25, -0.2) is 4.79 Å². The predicted octanol–water partition coefficient (Wildman–Crippen LogP) is 4.23. The summed E-state index contributed by atoms with van der Waals surface area (Å²) in [7, 11) is 1.31. The molecule has 0 unspecified atom stereocenters. The van der Waals surface area contributed by atoms with Gasteiger partial charge in [-0.3, -0.25) is 4.79 Å². The van der Waals surface area contributed by atoms with E-state index in [9.17, 15) is 9.59 Å². The lowest BCUT2D eigenvalue weighted by Crippen LogP contribution is -2.36. The Morgan fingerprint density at radius 1 is 1.07 bits per heavy atom. The summed E-state index contributed by atoms with van der Waals surface area (Å²) in [6.07, 6.45) is 0. The third kappa shape index (κ3) is 4.63. The van der Waals surface area contributed by atoms with E-state index in [1.165, 1.54) is 7.11 Å². The number of esters is 1. The molecule has 0 spiro atoms. The van der Waals surface area contributed by atoms with Crippen LogP contribution in [-0.4, -0.2) is 40.1 Å². The second kappa shape index (κ2) is 8.87. The summed E-state index contributed by atoms with van der Waals surface area (Å²) < 4.78 is 10.4. The second-order valence-electron chi connectivity index (χ2n) is 6.58. The number of benzene rings is 2. The number of ether oxygens (including phenoxy) is 1. The van der Waals surface area contributed by atoms with Crippen LogP contribution in [0, 0.1) is 0 Å². The Morgan fingerprint density at radius 3 is 2.34 bits per heavy atom. The Bertz CT molecular complexity index is 1010. The van der Waals surface area contributed by atoms with Crippen molar-refractivity contribution in [1.29, 1.82) is 0 Å². The molecule has 0 fully saturated rings. The number of methoxy groups -OCH3 is 1. The van der Waals surface area contributed by atoms with E-state index in [0.717, 1.165) is 0 Å². The summed E-state index contributed by atoms with van der Waals surface area (Å²) in [5.74, 6) is -0.0751. The molecule has 0 bridgehead atoms. The zero-order chi connectivity index (χ0) is 21.0. The van der Waals surface area contributed by atoms with Crippen molar-refractivity contribution in [3.05, 3.63) is 70.6 Å². The monoisotopic (exact) mass is 413 g/mol. The molecule has 2 aromatic carbocycles. The smallest absolute Gasteiger partial charge is 0.337 e. The molecule has 1 amide bonds. The van der Waals surface area contributed by atoms with Crippen LogP contribution in [0.15, 0.2) is 52.9 Å². The number of aromatic nitrogens is 2. The highest BCUT2D eigenvalue weighted by atomic mass is 35.5. The zero-order valence-electron chi connectivity index (χ0n) is 16.3. The van der Waals surface area contributed by atoms with E-state index in [1.54, 1.807) is 41.3 Å². The number of rotatable bonds is 6. The molecular formula is C21H20ClN3O4. The van der Waals surface area contributed by atoms with E-state index >= 15 is 0 Å². The van der Waals surface area contributed by atoms with Crippen molar-refractivity contribution in [3.63, 3.8) is 0 Å². The van der Waals surface area contributed by atoms with Crippen LogP contribution in [0.25, 0.3) is 11.5 Å². The maximum Gasteiger partial charge on any atom is 0.337 e. The minimum Gasteiger partial charge on any atom is -0.465 e. The average molecular weight is 414 g/mol. The van der Waals surface area contributed by atoms with Gasteiger partial charge in [0.25, 0.3) is 5.91 Å². The molecule has 7 nitrogen and oxygen atoms in total. The molecular weight excluding hydrogens is 394 g/mol. The maximum absolute atomic E-state index is 13.0. The molecule has 0 aliphatic carbocycles. The van der Waals surface area contributed by atoms with Gasteiger partial charge in [-0.2, -0.15) is 0 Å². The molecule has 0 radical (unpaired) electrons. The van der Waals surface area contributed by atoms with Gasteiger partial charge in [-0.1, -0.05) is 23.7 Å². The molecule has 29 heavy (non-hydrogen) atoms. The topological polar surface area (TPSA) is 85.5 Å². The van der Waals surface area contributed by atoms with Crippen molar-refractivity contribution >= 4 is 23.5 Å². The predicted molar refractivity (Wildman–Crippen MR) is 108 cm³/mol. The molecule has 0 aliphatic heterocycles. The van der Waals surface area contributed by atoms with Gasteiger partial charge in [-0.05, 0) is 50.2 Å². The number of hydrogen-bond acceptors (Lipinski definition) is 6. The van der Waals surface area contributed by atoms with E-state index in [-0.39, 0.29) is 18.5 Å². The largest absolute Gasteiger partial charge is 0.465 e. The van der Waals surface area contributed by atoms with Crippen LogP contribution in [0.2, 0.25) is 5.02 Å².